The molecule has 1 aliphatic carbocycles. The van der Waals surface area contributed by atoms with E-state index in [1.54, 1.807) is 30.3 Å². The molecule has 222 valence electrons. The van der Waals surface area contributed by atoms with Gasteiger partial charge in [0.25, 0.3) is 0 Å². The Bertz CT molecular complexity index is 1630. The number of Topliss-reactive ketones (excluding diaryl/α,β-unsaturated/α-hetero) is 1. The van der Waals surface area contributed by atoms with E-state index in [1.165, 1.54) is 29.2 Å². The van der Waals surface area contributed by atoms with Crippen molar-refractivity contribution in [3.8, 4) is 0 Å². The lowest BCUT2D eigenvalue weighted by atomic mass is 9.67. The van der Waals surface area contributed by atoms with E-state index in [9.17, 15) is 31.9 Å². The number of methoxy groups -OCH3 is 2. The number of hydrogen-bond acceptors (Lipinski definition) is 7. The number of ether oxygens (including phenoxy) is 2. The molecule has 0 aromatic heterocycles. The highest BCUT2D eigenvalue weighted by Gasteiger charge is 2.51. The molecule has 2 N–H and O–H groups in total. The van der Waals surface area contributed by atoms with Gasteiger partial charge in [-0.1, -0.05) is 42.5 Å². The van der Waals surface area contributed by atoms with E-state index >= 15 is 0 Å². The monoisotopic (exact) mass is 594 g/mol. The summed E-state index contributed by atoms with van der Waals surface area (Å²) >= 11 is 0. The van der Waals surface area contributed by atoms with Crippen LogP contribution in [0.3, 0.4) is 0 Å². The van der Waals surface area contributed by atoms with Crippen molar-refractivity contribution in [2.24, 2.45) is 11.7 Å². The SMILES string of the molecule is COC(=O)C1=C(N)N(c2ccc(C(F)(F)F)cc2)C2=C(C(=O)[C@H](C(=O)OC)[C@H](c3ccccc3)C2)[C@@H]1c1ccc(F)cc1. The first-order valence-electron chi connectivity index (χ1n) is 13.2. The Kier molecular flexibility index (Phi) is 7.83. The summed E-state index contributed by atoms with van der Waals surface area (Å²) in [5.41, 5.74) is 6.93. The van der Waals surface area contributed by atoms with Gasteiger partial charge in [0.1, 0.15) is 17.6 Å². The van der Waals surface area contributed by atoms with Crippen molar-refractivity contribution in [1.29, 1.82) is 0 Å². The molecule has 1 aliphatic heterocycles. The normalized spacial score (nSPS) is 20.6. The van der Waals surface area contributed by atoms with Gasteiger partial charge in [-0.2, -0.15) is 13.2 Å². The molecule has 2 aliphatic rings. The van der Waals surface area contributed by atoms with Gasteiger partial charge in [0.2, 0.25) is 0 Å². The van der Waals surface area contributed by atoms with E-state index in [4.69, 9.17) is 15.2 Å². The number of nitrogens with two attached hydrogens (primary N) is 1. The lowest BCUT2D eigenvalue weighted by Gasteiger charge is -2.44. The summed E-state index contributed by atoms with van der Waals surface area (Å²) < 4.78 is 64.2. The molecule has 7 nitrogen and oxygen atoms in total. The second-order valence-corrected chi connectivity index (χ2v) is 10.1. The standard InChI is InChI=1S/C32H26F4N2O5/c1-42-30(40)25-22(17-6-4-3-5-7-17)16-23-26(28(25)39)24(18-8-12-20(33)13-9-18)27(31(41)43-2)29(37)38(23)21-14-10-19(11-15-21)32(34,35)36/h3-15,22,24-25H,16,37H2,1-2H3/t22-,24-,25+/m0/s1. The number of alkyl halides is 3. The molecule has 0 unspecified atom stereocenters. The molecule has 0 fully saturated rings. The minimum atomic E-state index is -4.61. The van der Waals surface area contributed by atoms with Gasteiger partial charge in [-0.3, -0.25) is 14.5 Å². The Balaban J connectivity index is 1.81. The van der Waals surface area contributed by atoms with E-state index in [0.29, 0.717) is 11.1 Å². The second kappa shape index (κ2) is 11.4. The van der Waals surface area contributed by atoms with Gasteiger partial charge in [-0.15, -0.1) is 0 Å². The number of hydrogen-bond donors (Lipinski definition) is 1. The predicted molar refractivity (Wildman–Crippen MR) is 148 cm³/mol. The van der Waals surface area contributed by atoms with Crippen molar-refractivity contribution in [1.82, 2.24) is 0 Å². The third-order valence-electron chi connectivity index (χ3n) is 7.78. The Morgan fingerprint density at radius 2 is 1.51 bits per heavy atom. The zero-order valence-corrected chi connectivity index (χ0v) is 23.0. The molecule has 3 atom stereocenters. The topological polar surface area (TPSA) is 98.9 Å². The highest BCUT2D eigenvalue weighted by Crippen LogP contribution is 2.51. The zero-order chi connectivity index (χ0) is 31.1. The van der Waals surface area contributed by atoms with Crippen LogP contribution in [0.5, 0.6) is 0 Å². The maximum Gasteiger partial charge on any atom is 0.416 e. The van der Waals surface area contributed by atoms with E-state index in [2.05, 4.69) is 0 Å². The highest BCUT2D eigenvalue weighted by atomic mass is 19.4. The predicted octanol–water partition coefficient (Wildman–Crippen LogP) is 5.59. The highest BCUT2D eigenvalue weighted by molar-refractivity contribution is 6.14. The van der Waals surface area contributed by atoms with Crippen molar-refractivity contribution >= 4 is 23.4 Å². The Morgan fingerprint density at radius 1 is 0.884 bits per heavy atom. The number of halogens is 4. The Labute approximate surface area is 244 Å². The Morgan fingerprint density at radius 3 is 2.07 bits per heavy atom. The van der Waals surface area contributed by atoms with Crippen molar-refractivity contribution in [3.63, 3.8) is 0 Å². The molecule has 0 saturated heterocycles. The van der Waals surface area contributed by atoms with E-state index in [0.717, 1.165) is 38.5 Å². The molecule has 0 bridgehead atoms. The molecule has 0 saturated carbocycles. The number of allylic oxidation sites excluding steroid dienone is 2. The molecule has 0 radical (unpaired) electrons. The molecular weight excluding hydrogens is 568 g/mol. The molecule has 1 heterocycles. The number of carbonyl (C=O) groups is 3. The number of nitrogens with zero attached hydrogens (tertiary/aromatic N) is 1. The molecule has 0 spiro atoms. The molecule has 0 amide bonds. The summed E-state index contributed by atoms with van der Waals surface area (Å²) in [5.74, 6) is -6.36. The van der Waals surface area contributed by atoms with Gasteiger partial charge in [-0.05, 0) is 53.9 Å². The number of benzene rings is 3. The van der Waals surface area contributed by atoms with Crippen LogP contribution in [0.2, 0.25) is 0 Å². The van der Waals surface area contributed by atoms with Gasteiger partial charge in [0, 0.05) is 22.9 Å². The van der Waals surface area contributed by atoms with Crippen LogP contribution in [-0.4, -0.2) is 31.9 Å². The summed E-state index contributed by atoms with van der Waals surface area (Å²) in [6.45, 7) is 0. The lowest BCUT2D eigenvalue weighted by molar-refractivity contribution is -0.150. The molecule has 3 aromatic carbocycles. The number of ketones is 1. The van der Waals surface area contributed by atoms with Crippen LogP contribution in [0.4, 0.5) is 23.2 Å². The van der Waals surface area contributed by atoms with E-state index in [1.807, 2.05) is 0 Å². The van der Waals surface area contributed by atoms with Crippen molar-refractivity contribution in [3.05, 3.63) is 124 Å². The lowest BCUT2D eigenvalue weighted by Crippen LogP contribution is -2.46. The maximum absolute atomic E-state index is 14.5. The van der Waals surface area contributed by atoms with Crippen LogP contribution in [0.25, 0.3) is 0 Å². The van der Waals surface area contributed by atoms with Gasteiger partial charge in [-0.25, -0.2) is 9.18 Å². The van der Waals surface area contributed by atoms with Crippen LogP contribution in [-0.2, 0) is 30.0 Å². The largest absolute Gasteiger partial charge is 0.468 e. The first-order chi connectivity index (χ1) is 20.5. The summed E-state index contributed by atoms with van der Waals surface area (Å²) in [4.78, 5) is 42.3. The van der Waals surface area contributed by atoms with E-state index in [-0.39, 0.29) is 34.8 Å². The first-order valence-corrected chi connectivity index (χ1v) is 13.2. The van der Waals surface area contributed by atoms with Gasteiger partial charge in [0.15, 0.2) is 5.78 Å². The number of rotatable bonds is 5. The third kappa shape index (κ3) is 5.26. The summed E-state index contributed by atoms with van der Waals surface area (Å²) in [5, 5.41) is 0. The third-order valence-corrected chi connectivity index (χ3v) is 7.78. The van der Waals surface area contributed by atoms with Crippen molar-refractivity contribution in [2.45, 2.75) is 24.4 Å². The van der Waals surface area contributed by atoms with Gasteiger partial charge >= 0.3 is 18.1 Å². The quantitative estimate of drug-likeness (QED) is 0.234. The number of anilines is 1. The van der Waals surface area contributed by atoms with Crippen LogP contribution >= 0.6 is 0 Å². The average Bonchev–Trinajstić information content (AvgIpc) is 3.00. The molecule has 3 aromatic rings. The fourth-order valence-electron chi connectivity index (χ4n) is 5.83. The van der Waals surface area contributed by atoms with Crippen LogP contribution in [0, 0.1) is 11.7 Å². The minimum absolute atomic E-state index is 0.00341. The molecule has 5 rings (SSSR count). The van der Waals surface area contributed by atoms with Crippen LogP contribution in [0.15, 0.2) is 102 Å². The maximum atomic E-state index is 14.5. The molecule has 11 heteroatoms. The minimum Gasteiger partial charge on any atom is -0.468 e. The average molecular weight is 595 g/mol. The fraction of sp³-hybridized carbons (Fsp3) is 0.219. The summed E-state index contributed by atoms with van der Waals surface area (Å²) in [7, 11) is 2.27. The van der Waals surface area contributed by atoms with Gasteiger partial charge < -0.3 is 15.2 Å². The Hall–Kier alpha value is -4.93. The summed E-state index contributed by atoms with van der Waals surface area (Å²) in [6, 6.07) is 17.9. The molecule has 43 heavy (non-hydrogen) atoms. The zero-order valence-electron chi connectivity index (χ0n) is 23.0. The number of esters is 2. The van der Waals surface area contributed by atoms with E-state index < -0.39 is 53.0 Å². The molecular formula is C32H26F4N2O5. The van der Waals surface area contributed by atoms with Crippen molar-refractivity contribution in [2.75, 3.05) is 19.1 Å². The van der Waals surface area contributed by atoms with Crippen molar-refractivity contribution < 1.29 is 41.4 Å². The second-order valence-electron chi connectivity index (χ2n) is 10.1. The smallest absolute Gasteiger partial charge is 0.416 e. The first kappa shape index (κ1) is 29.6. The van der Waals surface area contributed by atoms with Crippen LogP contribution < -0.4 is 10.6 Å². The van der Waals surface area contributed by atoms with Crippen LogP contribution in [0.1, 0.15) is 34.9 Å². The summed E-state index contributed by atoms with van der Waals surface area (Å²) in [6.07, 6.45) is -4.58. The number of carbonyl (C=O) groups excluding carboxylic acids is 3. The van der Waals surface area contributed by atoms with Gasteiger partial charge in [0.05, 0.1) is 31.3 Å². The fourth-order valence-corrected chi connectivity index (χ4v) is 5.83.